The highest BCUT2D eigenvalue weighted by Crippen LogP contribution is 2.24. The Labute approximate surface area is 88.1 Å². The molecule has 0 saturated carbocycles. The van der Waals surface area contributed by atoms with Crippen molar-refractivity contribution in [1.29, 1.82) is 0 Å². The SMILES string of the molecule is C[C@H](c1ccc(F)cc1)[C@@H](C)S(=O)(=O)F. The molecule has 1 aromatic carbocycles. The summed E-state index contributed by atoms with van der Waals surface area (Å²) >= 11 is 0. The summed E-state index contributed by atoms with van der Waals surface area (Å²) in [6, 6.07) is 5.37. The van der Waals surface area contributed by atoms with Crippen LogP contribution in [-0.4, -0.2) is 13.7 Å². The molecule has 0 bridgehead atoms. The third-order valence-corrected chi connectivity index (χ3v) is 3.84. The van der Waals surface area contributed by atoms with Gasteiger partial charge < -0.3 is 0 Å². The lowest BCUT2D eigenvalue weighted by molar-refractivity contribution is 0.525. The smallest absolute Gasteiger partial charge is 0.207 e. The first-order valence-corrected chi connectivity index (χ1v) is 5.96. The van der Waals surface area contributed by atoms with Crippen LogP contribution in [0.4, 0.5) is 8.28 Å². The van der Waals surface area contributed by atoms with Gasteiger partial charge in [-0.3, -0.25) is 0 Å². The molecule has 2 nitrogen and oxygen atoms in total. The number of hydrogen-bond acceptors (Lipinski definition) is 2. The first-order valence-electron chi connectivity index (χ1n) is 4.51. The van der Waals surface area contributed by atoms with Gasteiger partial charge in [-0.05, 0) is 24.6 Å². The van der Waals surface area contributed by atoms with Gasteiger partial charge in [0.2, 0.25) is 0 Å². The Bertz CT molecular complexity index is 425. The van der Waals surface area contributed by atoms with Crippen molar-refractivity contribution in [1.82, 2.24) is 0 Å². The van der Waals surface area contributed by atoms with Crippen molar-refractivity contribution < 1.29 is 16.7 Å². The van der Waals surface area contributed by atoms with Gasteiger partial charge in [0, 0.05) is 5.92 Å². The molecule has 0 aliphatic rings. The Morgan fingerprint density at radius 2 is 1.60 bits per heavy atom. The molecule has 0 aliphatic heterocycles. The van der Waals surface area contributed by atoms with Crippen molar-refractivity contribution in [3.05, 3.63) is 35.6 Å². The van der Waals surface area contributed by atoms with Crippen LogP contribution >= 0.6 is 0 Å². The van der Waals surface area contributed by atoms with Gasteiger partial charge in [0.25, 0.3) is 0 Å². The van der Waals surface area contributed by atoms with Crippen molar-refractivity contribution in [3.8, 4) is 0 Å². The molecule has 84 valence electrons. The molecule has 0 N–H and O–H groups in total. The van der Waals surface area contributed by atoms with Crippen molar-refractivity contribution in [2.75, 3.05) is 0 Å². The summed E-state index contributed by atoms with van der Waals surface area (Å²) in [5, 5.41) is -1.12. The van der Waals surface area contributed by atoms with E-state index in [0.717, 1.165) is 0 Å². The van der Waals surface area contributed by atoms with E-state index in [1.54, 1.807) is 6.92 Å². The normalized spacial score (nSPS) is 16.0. The fourth-order valence-electron chi connectivity index (χ4n) is 1.28. The third-order valence-electron chi connectivity index (χ3n) is 2.54. The highest BCUT2D eigenvalue weighted by Gasteiger charge is 2.26. The van der Waals surface area contributed by atoms with Crippen molar-refractivity contribution in [3.63, 3.8) is 0 Å². The summed E-state index contributed by atoms with van der Waals surface area (Å²) in [6.45, 7) is 2.89. The fourth-order valence-corrected chi connectivity index (χ4v) is 1.93. The maximum Gasteiger partial charge on any atom is 0.305 e. The Kier molecular flexibility index (Phi) is 3.44. The van der Waals surface area contributed by atoms with Crippen molar-refractivity contribution >= 4 is 10.2 Å². The minimum atomic E-state index is -4.55. The molecule has 0 aromatic heterocycles. The van der Waals surface area contributed by atoms with E-state index < -0.39 is 27.2 Å². The second-order valence-corrected chi connectivity index (χ2v) is 5.22. The zero-order valence-electron chi connectivity index (χ0n) is 8.44. The molecule has 0 fully saturated rings. The zero-order chi connectivity index (χ0) is 11.6. The topological polar surface area (TPSA) is 34.1 Å². The molecule has 5 heteroatoms. The highest BCUT2D eigenvalue weighted by molar-refractivity contribution is 7.87. The van der Waals surface area contributed by atoms with E-state index >= 15 is 0 Å². The Hall–Kier alpha value is -0.970. The summed E-state index contributed by atoms with van der Waals surface area (Å²) in [6.07, 6.45) is 0. The van der Waals surface area contributed by atoms with Crippen LogP contribution in [0.15, 0.2) is 24.3 Å². The molecule has 0 saturated heterocycles. The Balaban J connectivity index is 2.95. The van der Waals surface area contributed by atoms with Crippen molar-refractivity contribution in [2.24, 2.45) is 0 Å². The van der Waals surface area contributed by atoms with Crippen LogP contribution in [-0.2, 0) is 10.2 Å². The van der Waals surface area contributed by atoms with Gasteiger partial charge in [-0.15, -0.1) is 3.89 Å². The molecule has 0 aliphatic carbocycles. The van der Waals surface area contributed by atoms with E-state index in [-0.39, 0.29) is 0 Å². The minimum absolute atomic E-state index is 0.401. The summed E-state index contributed by atoms with van der Waals surface area (Å²) < 4.78 is 46.6. The fraction of sp³-hybridized carbons (Fsp3) is 0.400. The summed E-state index contributed by atoms with van der Waals surface area (Å²) in [5.74, 6) is -0.901. The maximum absolute atomic E-state index is 12.7. The van der Waals surface area contributed by atoms with E-state index in [1.807, 2.05) is 0 Å². The van der Waals surface area contributed by atoms with Gasteiger partial charge in [-0.1, -0.05) is 19.1 Å². The van der Waals surface area contributed by atoms with Gasteiger partial charge in [-0.25, -0.2) is 4.39 Å². The first-order chi connectivity index (χ1) is 6.82. The molecule has 1 rings (SSSR count). The Morgan fingerprint density at radius 3 is 2.00 bits per heavy atom. The largest absolute Gasteiger partial charge is 0.305 e. The summed E-state index contributed by atoms with van der Waals surface area (Å²) in [7, 11) is -4.55. The quantitative estimate of drug-likeness (QED) is 0.753. The van der Waals surface area contributed by atoms with Gasteiger partial charge in [0.05, 0.1) is 5.25 Å². The molecular formula is C10H12F2O2S. The van der Waals surface area contributed by atoms with Gasteiger partial charge >= 0.3 is 10.2 Å². The second kappa shape index (κ2) is 4.26. The van der Waals surface area contributed by atoms with Gasteiger partial charge in [-0.2, -0.15) is 8.42 Å². The zero-order valence-corrected chi connectivity index (χ0v) is 9.26. The molecule has 2 atom stereocenters. The monoisotopic (exact) mass is 234 g/mol. The van der Waals surface area contributed by atoms with Crippen LogP contribution in [0.3, 0.4) is 0 Å². The Morgan fingerprint density at radius 1 is 1.13 bits per heavy atom. The number of rotatable bonds is 3. The summed E-state index contributed by atoms with van der Waals surface area (Å²) in [5.41, 5.74) is 0.602. The van der Waals surface area contributed by atoms with Crippen LogP contribution < -0.4 is 0 Å². The number of halogens is 2. The third kappa shape index (κ3) is 2.99. The standard InChI is InChI=1S/C10H12F2O2S/c1-7(8(2)15(12,13)14)9-3-5-10(11)6-4-9/h3-8H,1-2H3/t7-,8+/m0/s1. The van der Waals surface area contributed by atoms with E-state index in [0.29, 0.717) is 5.56 Å². The summed E-state index contributed by atoms with van der Waals surface area (Å²) in [4.78, 5) is 0. The molecule has 0 amide bonds. The highest BCUT2D eigenvalue weighted by atomic mass is 32.3. The lowest BCUT2D eigenvalue weighted by atomic mass is 9.98. The van der Waals surface area contributed by atoms with Crippen LogP contribution in [0.25, 0.3) is 0 Å². The van der Waals surface area contributed by atoms with Crippen molar-refractivity contribution in [2.45, 2.75) is 25.0 Å². The van der Waals surface area contributed by atoms with Crippen LogP contribution in [0.2, 0.25) is 0 Å². The van der Waals surface area contributed by atoms with Crippen LogP contribution in [0, 0.1) is 5.82 Å². The molecular weight excluding hydrogens is 222 g/mol. The molecule has 0 spiro atoms. The average Bonchev–Trinajstić information content (AvgIpc) is 2.15. The average molecular weight is 234 g/mol. The lowest BCUT2D eigenvalue weighted by Crippen LogP contribution is -2.20. The predicted octanol–water partition coefficient (Wildman–Crippen LogP) is 2.62. The lowest BCUT2D eigenvalue weighted by Gasteiger charge is -2.16. The van der Waals surface area contributed by atoms with Gasteiger partial charge in [0.15, 0.2) is 0 Å². The molecule has 0 heterocycles. The molecule has 0 radical (unpaired) electrons. The molecule has 0 unspecified atom stereocenters. The maximum atomic E-state index is 12.7. The number of hydrogen-bond donors (Lipinski definition) is 0. The van der Waals surface area contributed by atoms with E-state index in [9.17, 15) is 16.7 Å². The second-order valence-electron chi connectivity index (χ2n) is 3.52. The van der Waals surface area contributed by atoms with Crippen LogP contribution in [0.1, 0.15) is 25.3 Å². The van der Waals surface area contributed by atoms with Gasteiger partial charge in [0.1, 0.15) is 5.82 Å². The molecule has 15 heavy (non-hydrogen) atoms. The molecule has 1 aromatic rings. The van der Waals surface area contributed by atoms with E-state index in [1.165, 1.54) is 31.2 Å². The predicted molar refractivity (Wildman–Crippen MR) is 54.3 cm³/mol. The first kappa shape index (κ1) is 12.1. The van der Waals surface area contributed by atoms with Crippen LogP contribution in [0.5, 0.6) is 0 Å². The number of benzene rings is 1. The van der Waals surface area contributed by atoms with E-state index in [4.69, 9.17) is 0 Å². The van der Waals surface area contributed by atoms with E-state index in [2.05, 4.69) is 0 Å². The minimum Gasteiger partial charge on any atom is -0.207 e.